The van der Waals surface area contributed by atoms with Crippen LogP contribution in [0.5, 0.6) is 0 Å². The Labute approximate surface area is 389 Å². The maximum atomic E-state index is 4.19. The second kappa shape index (κ2) is 24.4. The fourth-order valence-electron chi connectivity index (χ4n) is 8.06. The van der Waals surface area contributed by atoms with Crippen molar-refractivity contribution in [1.29, 1.82) is 0 Å². The number of hydrogen-bond donors (Lipinski definition) is 0. The van der Waals surface area contributed by atoms with Crippen molar-refractivity contribution in [1.82, 2.24) is 0 Å². The summed E-state index contributed by atoms with van der Waals surface area (Å²) >= 11 is 1.86. The standard InChI is InChI=1S/C58H55NS.2C2H6/c1-8-13-22-53(42(7)41(6)11-4)55-39-47-21-15-14-20-46(47)38-49(55)37-44(18-9-2)26-25-43-27-32-51(33-28-43)59(50(12-5)19-10-3)52-34-29-45(30-35-52)48-31-36-58-56(40-48)54-23-16-17-24-57(54)60-58;2*1-2/h9-29,31-34,36,38-40H,2-3,5,8,30,35,37H2,1,4,6-7H3;2*1-2H3/b22-13-,26-25?,41-11-,44-18+,50-19+,53-42-;;. The van der Waals surface area contributed by atoms with E-state index in [0.29, 0.717) is 0 Å². The van der Waals surface area contributed by atoms with Gasteiger partial charge in [-0.05, 0) is 156 Å². The fourth-order valence-corrected chi connectivity index (χ4v) is 9.15. The quantitative estimate of drug-likeness (QED) is 0.0930. The van der Waals surface area contributed by atoms with Crippen LogP contribution in [-0.4, -0.2) is 0 Å². The van der Waals surface area contributed by atoms with E-state index in [1.165, 1.54) is 81.2 Å². The molecule has 0 fully saturated rings. The number of hydrogen-bond acceptors (Lipinski definition) is 2. The molecule has 0 saturated carbocycles. The van der Waals surface area contributed by atoms with Gasteiger partial charge in [0.05, 0.1) is 0 Å². The molecule has 0 radical (unpaired) electrons. The van der Waals surface area contributed by atoms with E-state index in [9.17, 15) is 0 Å². The van der Waals surface area contributed by atoms with Gasteiger partial charge in [-0.2, -0.15) is 0 Å². The minimum atomic E-state index is 0.774. The first kappa shape index (κ1) is 48.6. The summed E-state index contributed by atoms with van der Waals surface area (Å²) in [4.78, 5) is 2.31. The smallest absolute Gasteiger partial charge is 0.0458 e. The van der Waals surface area contributed by atoms with Gasteiger partial charge in [0.25, 0.3) is 0 Å². The van der Waals surface area contributed by atoms with Crippen LogP contribution >= 0.6 is 11.3 Å². The predicted octanol–water partition coefficient (Wildman–Crippen LogP) is 19.2. The maximum Gasteiger partial charge on any atom is 0.0458 e. The summed E-state index contributed by atoms with van der Waals surface area (Å²) in [7, 11) is 0. The average Bonchev–Trinajstić information content (AvgIpc) is 3.73. The van der Waals surface area contributed by atoms with E-state index in [4.69, 9.17) is 0 Å². The lowest BCUT2D eigenvalue weighted by Gasteiger charge is -2.30. The van der Waals surface area contributed by atoms with Crippen molar-refractivity contribution >= 4 is 65.2 Å². The van der Waals surface area contributed by atoms with Gasteiger partial charge in [-0.3, -0.25) is 0 Å². The van der Waals surface area contributed by atoms with Gasteiger partial charge in [0, 0.05) is 37.3 Å². The molecule has 6 aromatic rings. The van der Waals surface area contributed by atoms with Gasteiger partial charge < -0.3 is 4.90 Å². The molecular weight excluding hydrogens is 791 g/mol. The Morgan fingerprint density at radius 1 is 0.719 bits per heavy atom. The Morgan fingerprint density at radius 3 is 2.06 bits per heavy atom. The van der Waals surface area contributed by atoms with Crippen LogP contribution in [0.3, 0.4) is 0 Å². The molecule has 0 amide bonds. The van der Waals surface area contributed by atoms with Gasteiger partial charge in [0.1, 0.15) is 0 Å². The molecule has 1 heterocycles. The van der Waals surface area contributed by atoms with Crippen LogP contribution in [-0.2, 0) is 6.42 Å². The first-order valence-corrected chi connectivity index (χ1v) is 23.9. The number of nitrogens with zero attached hydrogens (tertiary/aromatic N) is 1. The second-order valence-corrected chi connectivity index (χ2v) is 16.4. The molecule has 0 aliphatic heterocycles. The lowest BCUT2D eigenvalue weighted by Crippen LogP contribution is -2.22. The molecule has 7 rings (SSSR count). The summed E-state index contributed by atoms with van der Waals surface area (Å²) in [5.41, 5.74) is 14.7. The zero-order chi connectivity index (χ0) is 46.0. The van der Waals surface area contributed by atoms with Crippen LogP contribution in [0.25, 0.3) is 48.2 Å². The first-order chi connectivity index (χ1) is 31.3. The predicted molar refractivity (Wildman–Crippen MR) is 291 cm³/mol. The van der Waals surface area contributed by atoms with Crippen LogP contribution < -0.4 is 4.90 Å². The summed E-state index contributed by atoms with van der Waals surface area (Å²) in [5, 5.41) is 5.16. The van der Waals surface area contributed by atoms with Gasteiger partial charge in [-0.25, -0.2) is 0 Å². The topological polar surface area (TPSA) is 3.24 Å². The number of anilines is 1. The number of thiophene rings is 1. The molecule has 0 bridgehead atoms. The molecule has 2 heteroatoms. The minimum absolute atomic E-state index is 0.774. The summed E-state index contributed by atoms with van der Waals surface area (Å²) in [6, 6.07) is 37.9. The van der Waals surface area contributed by atoms with E-state index in [1.54, 1.807) is 0 Å². The SMILES string of the molecule is C=C/C=C(\C=Cc1ccc(N(C2=CC=C(c3ccc4sc5ccccc5c4c3)CC2)/C(C=C)=C/C=C)cc1)Cc1cc2ccccc2cc1C(/C=C\CC)=C(C)\C(C)=C/C.CC.CC. The highest BCUT2D eigenvalue weighted by Gasteiger charge is 2.19. The van der Waals surface area contributed by atoms with Crippen molar-refractivity contribution in [3.63, 3.8) is 0 Å². The van der Waals surface area contributed by atoms with Crippen LogP contribution in [0.15, 0.2) is 218 Å². The molecule has 0 N–H and O–H groups in total. The second-order valence-electron chi connectivity index (χ2n) is 15.3. The minimum Gasteiger partial charge on any atom is -0.314 e. The third-order valence-electron chi connectivity index (χ3n) is 11.5. The average molecular weight is 858 g/mol. The Bertz CT molecular complexity index is 2840. The van der Waals surface area contributed by atoms with E-state index in [1.807, 2.05) is 63.3 Å². The van der Waals surface area contributed by atoms with Crippen LogP contribution in [0.2, 0.25) is 0 Å². The Hall–Kier alpha value is -6.48. The summed E-state index contributed by atoms with van der Waals surface area (Å²) in [6.07, 6.45) is 29.2. The molecular formula is C62H67NS. The van der Waals surface area contributed by atoms with Gasteiger partial charge in [0.2, 0.25) is 0 Å². The molecule has 1 aliphatic carbocycles. The normalized spacial score (nSPS) is 13.8. The molecule has 5 aromatic carbocycles. The molecule has 0 spiro atoms. The van der Waals surface area contributed by atoms with Crippen LogP contribution in [0.4, 0.5) is 5.69 Å². The number of rotatable bonds is 15. The largest absolute Gasteiger partial charge is 0.314 e. The molecule has 64 heavy (non-hydrogen) atoms. The van der Waals surface area contributed by atoms with Crippen molar-refractivity contribution in [2.45, 2.75) is 81.1 Å². The summed E-state index contributed by atoms with van der Waals surface area (Å²) in [6.45, 7) is 29.0. The highest BCUT2D eigenvalue weighted by atomic mass is 32.1. The molecule has 1 aliphatic rings. The summed E-state index contributed by atoms with van der Waals surface area (Å²) in [5.74, 6) is 0. The first-order valence-electron chi connectivity index (χ1n) is 23.0. The van der Waals surface area contributed by atoms with E-state index < -0.39 is 0 Å². The number of allylic oxidation sites excluding steroid dienone is 17. The van der Waals surface area contributed by atoms with Crippen molar-refractivity contribution in [2.75, 3.05) is 4.90 Å². The van der Waals surface area contributed by atoms with Crippen LogP contribution in [0.1, 0.15) is 96.9 Å². The van der Waals surface area contributed by atoms with Gasteiger partial charge >= 0.3 is 0 Å². The Kier molecular flexibility index (Phi) is 18.5. The van der Waals surface area contributed by atoms with Crippen molar-refractivity contribution in [2.24, 2.45) is 0 Å². The highest BCUT2D eigenvalue weighted by molar-refractivity contribution is 7.25. The van der Waals surface area contributed by atoms with E-state index in [2.05, 4.69) is 204 Å². The zero-order valence-electron chi connectivity index (χ0n) is 39.5. The summed E-state index contributed by atoms with van der Waals surface area (Å²) < 4.78 is 2.67. The van der Waals surface area contributed by atoms with Crippen LogP contribution in [0, 0.1) is 0 Å². The van der Waals surface area contributed by atoms with Crippen molar-refractivity contribution in [3.05, 3.63) is 240 Å². The van der Waals surface area contributed by atoms with Gasteiger partial charge in [-0.1, -0.05) is 181 Å². The monoisotopic (exact) mass is 857 g/mol. The molecule has 0 saturated heterocycles. The fraction of sp³-hybridized carbons (Fsp3) is 0.194. The molecule has 1 aromatic heterocycles. The van der Waals surface area contributed by atoms with E-state index in [0.717, 1.165) is 42.6 Å². The molecule has 0 unspecified atom stereocenters. The third kappa shape index (κ3) is 11.6. The molecule has 326 valence electrons. The lowest BCUT2D eigenvalue weighted by atomic mass is 9.87. The van der Waals surface area contributed by atoms with E-state index in [-0.39, 0.29) is 0 Å². The molecule has 1 nitrogen and oxygen atoms in total. The third-order valence-corrected chi connectivity index (χ3v) is 12.6. The lowest BCUT2D eigenvalue weighted by molar-refractivity contribution is 0.913. The van der Waals surface area contributed by atoms with Crippen molar-refractivity contribution in [3.8, 4) is 0 Å². The van der Waals surface area contributed by atoms with E-state index >= 15 is 0 Å². The Morgan fingerprint density at radius 2 is 1.41 bits per heavy atom. The highest BCUT2D eigenvalue weighted by Crippen LogP contribution is 2.39. The number of fused-ring (bicyclic) bond motifs is 4. The maximum absolute atomic E-state index is 4.19. The number of benzene rings is 5. The van der Waals surface area contributed by atoms with Gasteiger partial charge in [-0.15, -0.1) is 11.3 Å². The van der Waals surface area contributed by atoms with Crippen molar-refractivity contribution < 1.29 is 0 Å². The molecule has 0 atom stereocenters. The Balaban J connectivity index is 0.00000187. The van der Waals surface area contributed by atoms with Gasteiger partial charge in [0.15, 0.2) is 0 Å². The zero-order valence-corrected chi connectivity index (χ0v) is 40.4.